The number of carbonyl (C=O) groups is 2. The Kier molecular flexibility index (Phi) is 10.5. The van der Waals surface area contributed by atoms with E-state index >= 15 is 0 Å². The molecule has 1 aromatic rings. The molecule has 0 bridgehead atoms. The van der Waals surface area contributed by atoms with E-state index < -0.39 is 0 Å². The van der Waals surface area contributed by atoms with Crippen LogP contribution in [0, 0.1) is 0 Å². The number of carbonyl (C=O) groups excluding carboxylic acids is 2. The first kappa shape index (κ1) is 20.2. The van der Waals surface area contributed by atoms with Crippen molar-refractivity contribution < 1.29 is 19.1 Å². The third-order valence-corrected chi connectivity index (χ3v) is 3.54. The van der Waals surface area contributed by atoms with E-state index in [0.717, 1.165) is 37.7 Å². The van der Waals surface area contributed by atoms with Crippen molar-refractivity contribution in [3.05, 3.63) is 35.4 Å². The molecule has 0 atom stereocenters. The lowest BCUT2D eigenvalue weighted by Gasteiger charge is -2.07. The van der Waals surface area contributed by atoms with Gasteiger partial charge in [0.15, 0.2) is 0 Å². The van der Waals surface area contributed by atoms with Crippen LogP contribution >= 0.6 is 0 Å². The van der Waals surface area contributed by atoms with Crippen LogP contribution in [0.25, 0.3) is 0 Å². The predicted molar refractivity (Wildman–Crippen MR) is 94.1 cm³/mol. The maximum Gasteiger partial charge on any atom is 0.338 e. The van der Waals surface area contributed by atoms with Gasteiger partial charge >= 0.3 is 11.9 Å². The maximum absolute atomic E-state index is 11.8. The number of esters is 2. The Morgan fingerprint density at radius 1 is 0.958 bits per heavy atom. The highest BCUT2D eigenvalue weighted by molar-refractivity contribution is 5.89. The molecule has 0 amide bonds. The van der Waals surface area contributed by atoms with Gasteiger partial charge in [0, 0.05) is 0 Å². The van der Waals surface area contributed by atoms with Crippen LogP contribution in [0.4, 0.5) is 0 Å². The average molecular weight is 335 g/mol. The van der Waals surface area contributed by atoms with E-state index in [-0.39, 0.29) is 18.5 Å². The Bertz CT molecular complexity index is 485. The van der Waals surface area contributed by atoms with Crippen molar-refractivity contribution >= 4 is 11.9 Å². The average Bonchev–Trinajstić information content (AvgIpc) is 2.59. The molecule has 0 aromatic heterocycles. The molecule has 0 aliphatic heterocycles. The summed E-state index contributed by atoms with van der Waals surface area (Å²) in [5.41, 5.74) is 1.68. The van der Waals surface area contributed by atoms with Crippen LogP contribution in [0.5, 0.6) is 0 Å². The molecule has 1 N–H and O–H groups in total. The van der Waals surface area contributed by atoms with Gasteiger partial charge in [-0.25, -0.2) is 4.79 Å². The van der Waals surface area contributed by atoms with Gasteiger partial charge in [0.05, 0.1) is 25.3 Å². The highest BCUT2D eigenvalue weighted by atomic mass is 16.5. The molecular weight excluding hydrogens is 306 g/mol. The van der Waals surface area contributed by atoms with Gasteiger partial charge in [-0.05, 0) is 43.5 Å². The summed E-state index contributed by atoms with van der Waals surface area (Å²) in [6, 6.07) is 7.39. The monoisotopic (exact) mass is 335 g/mol. The van der Waals surface area contributed by atoms with Crippen molar-refractivity contribution in [2.45, 2.75) is 46.0 Å². The lowest BCUT2D eigenvalue weighted by molar-refractivity contribution is -0.142. The Labute approximate surface area is 144 Å². The number of rotatable bonds is 12. The summed E-state index contributed by atoms with van der Waals surface area (Å²) in [5.74, 6) is -0.489. The van der Waals surface area contributed by atoms with Crippen LogP contribution < -0.4 is 5.32 Å². The molecular formula is C19H29NO4. The number of ether oxygens (including phenoxy) is 2. The van der Waals surface area contributed by atoms with Gasteiger partial charge in [-0.15, -0.1) is 0 Å². The largest absolute Gasteiger partial charge is 0.465 e. The Hall–Kier alpha value is -1.88. The summed E-state index contributed by atoms with van der Waals surface area (Å²) in [6.45, 7) is 5.99. The summed E-state index contributed by atoms with van der Waals surface area (Å²) in [6.07, 6.45) is 4.59. The SMILES string of the molecule is CCCCOC(=O)CNCCc1ccc(C(=O)OCCCC)cc1. The van der Waals surface area contributed by atoms with Crippen molar-refractivity contribution in [2.75, 3.05) is 26.3 Å². The molecule has 0 saturated heterocycles. The minimum Gasteiger partial charge on any atom is -0.465 e. The van der Waals surface area contributed by atoms with Gasteiger partial charge in [0.25, 0.3) is 0 Å². The molecule has 0 radical (unpaired) electrons. The van der Waals surface area contributed by atoms with Gasteiger partial charge in [0.2, 0.25) is 0 Å². The van der Waals surface area contributed by atoms with Crippen LogP contribution in [0.1, 0.15) is 55.5 Å². The van der Waals surface area contributed by atoms with Crippen LogP contribution in [-0.2, 0) is 20.7 Å². The van der Waals surface area contributed by atoms with E-state index in [1.807, 2.05) is 12.1 Å². The van der Waals surface area contributed by atoms with Crippen LogP contribution in [0.2, 0.25) is 0 Å². The molecule has 24 heavy (non-hydrogen) atoms. The second-order valence-corrected chi connectivity index (χ2v) is 5.69. The predicted octanol–water partition coefficient (Wildman–Crippen LogP) is 3.12. The molecule has 0 aliphatic carbocycles. The molecule has 134 valence electrons. The molecule has 0 fully saturated rings. The zero-order valence-corrected chi connectivity index (χ0v) is 14.8. The Morgan fingerprint density at radius 2 is 1.58 bits per heavy atom. The summed E-state index contributed by atoms with van der Waals surface area (Å²) in [7, 11) is 0. The van der Waals surface area contributed by atoms with Gasteiger partial charge in [-0.3, -0.25) is 4.79 Å². The number of nitrogens with one attached hydrogen (secondary N) is 1. The molecule has 1 rings (SSSR count). The van der Waals surface area contributed by atoms with Crippen LogP contribution in [-0.4, -0.2) is 38.2 Å². The summed E-state index contributed by atoms with van der Waals surface area (Å²) in [5, 5.41) is 3.07. The molecule has 0 spiro atoms. The fraction of sp³-hybridized carbons (Fsp3) is 0.579. The highest BCUT2D eigenvalue weighted by Gasteiger charge is 2.06. The second kappa shape index (κ2) is 12.5. The summed E-state index contributed by atoms with van der Waals surface area (Å²) < 4.78 is 10.2. The zero-order chi connectivity index (χ0) is 17.6. The van der Waals surface area contributed by atoms with E-state index in [9.17, 15) is 9.59 Å². The molecule has 0 heterocycles. The Balaban J connectivity index is 2.22. The molecule has 0 saturated carbocycles. The van der Waals surface area contributed by atoms with E-state index in [4.69, 9.17) is 9.47 Å². The van der Waals surface area contributed by atoms with Crippen LogP contribution in [0.3, 0.4) is 0 Å². The van der Waals surface area contributed by atoms with Crippen molar-refractivity contribution in [3.63, 3.8) is 0 Å². The number of benzene rings is 1. The van der Waals surface area contributed by atoms with E-state index in [1.165, 1.54) is 0 Å². The van der Waals surface area contributed by atoms with E-state index in [2.05, 4.69) is 19.2 Å². The van der Waals surface area contributed by atoms with E-state index in [0.29, 0.717) is 25.3 Å². The third kappa shape index (κ3) is 8.67. The molecule has 5 heteroatoms. The second-order valence-electron chi connectivity index (χ2n) is 5.69. The topological polar surface area (TPSA) is 64.6 Å². The maximum atomic E-state index is 11.8. The quantitative estimate of drug-likeness (QED) is 0.470. The fourth-order valence-electron chi connectivity index (χ4n) is 2.00. The Morgan fingerprint density at radius 3 is 2.21 bits per heavy atom. The molecule has 0 aliphatic rings. The first-order valence-electron chi connectivity index (χ1n) is 8.79. The van der Waals surface area contributed by atoms with Crippen molar-refractivity contribution in [1.29, 1.82) is 0 Å². The molecule has 1 aromatic carbocycles. The fourth-order valence-corrected chi connectivity index (χ4v) is 2.00. The van der Waals surface area contributed by atoms with Gasteiger partial charge < -0.3 is 14.8 Å². The van der Waals surface area contributed by atoms with Gasteiger partial charge in [0.1, 0.15) is 0 Å². The zero-order valence-electron chi connectivity index (χ0n) is 14.8. The lowest BCUT2D eigenvalue weighted by atomic mass is 10.1. The van der Waals surface area contributed by atoms with Crippen molar-refractivity contribution in [2.24, 2.45) is 0 Å². The highest BCUT2D eigenvalue weighted by Crippen LogP contribution is 2.07. The first-order chi connectivity index (χ1) is 11.7. The number of hydrogen-bond acceptors (Lipinski definition) is 5. The normalized spacial score (nSPS) is 10.4. The van der Waals surface area contributed by atoms with Crippen molar-refractivity contribution in [1.82, 2.24) is 5.32 Å². The summed E-state index contributed by atoms with van der Waals surface area (Å²) in [4.78, 5) is 23.2. The minimum atomic E-state index is -0.275. The summed E-state index contributed by atoms with van der Waals surface area (Å²) >= 11 is 0. The smallest absolute Gasteiger partial charge is 0.338 e. The molecule has 0 unspecified atom stereocenters. The van der Waals surface area contributed by atoms with Crippen LogP contribution in [0.15, 0.2) is 24.3 Å². The number of unbranched alkanes of at least 4 members (excludes halogenated alkanes) is 2. The first-order valence-corrected chi connectivity index (χ1v) is 8.79. The van der Waals surface area contributed by atoms with Crippen molar-refractivity contribution in [3.8, 4) is 0 Å². The standard InChI is InChI=1S/C19H29NO4/c1-3-5-13-23-18(21)15-20-12-11-16-7-9-17(10-8-16)19(22)24-14-6-4-2/h7-10,20H,3-6,11-15H2,1-2H3. The van der Waals surface area contributed by atoms with Gasteiger partial charge in [-0.2, -0.15) is 0 Å². The van der Waals surface area contributed by atoms with E-state index in [1.54, 1.807) is 12.1 Å². The minimum absolute atomic E-state index is 0.214. The third-order valence-electron chi connectivity index (χ3n) is 3.54. The number of hydrogen-bond donors (Lipinski definition) is 1. The lowest BCUT2D eigenvalue weighted by Crippen LogP contribution is -2.26. The van der Waals surface area contributed by atoms with Gasteiger partial charge in [-0.1, -0.05) is 38.8 Å². The molecule has 5 nitrogen and oxygen atoms in total.